The van der Waals surface area contributed by atoms with Crippen LogP contribution in [0, 0.1) is 5.82 Å². The molecule has 0 atom stereocenters. The number of benzene rings is 3. The summed E-state index contributed by atoms with van der Waals surface area (Å²) in [4.78, 5) is 28.1. The zero-order chi connectivity index (χ0) is 24.2. The number of imide groups is 1. The predicted molar refractivity (Wildman–Crippen MR) is 129 cm³/mol. The number of nitrogens with zero attached hydrogens (tertiary/aromatic N) is 1. The van der Waals surface area contributed by atoms with Gasteiger partial charge in [-0.15, -0.1) is 0 Å². The first-order chi connectivity index (χ1) is 16.4. The Bertz CT molecular complexity index is 1230. The van der Waals surface area contributed by atoms with E-state index in [0.29, 0.717) is 35.0 Å². The molecule has 174 valence electrons. The average molecular weight is 461 g/mol. The molecule has 0 fully saturated rings. The van der Waals surface area contributed by atoms with Gasteiger partial charge in [-0.3, -0.25) is 9.59 Å². The minimum absolute atomic E-state index is 0.0293. The molecule has 0 saturated carbocycles. The van der Waals surface area contributed by atoms with Crippen molar-refractivity contribution in [2.75, 3.05) is 16.8 Å². The van der Waals surface area contributed by atoms with Crippen LogP contribution < -0.4 is 19.7 Å². The van der Waals surface area contributed by atoms with E-state index in [9.17, 15) is 14.0 Å². The molecule has 0 aliphatic carbocycles. The number of amides is 2. The molecule has 1 aliphatic heterocycles. The van der Waals surface area contributed by atoms with Gasteiger partial charge in [0.15, 0.2) is 0 Å². The Balaban J connectivity index is 1.73. The lowest BCUT2D eigenvalue weighted by Gasteiger charge is -2.16. The van der Waals surface area contributed by atoms with Crippen LogP contribution in [0.25, 0.3) is 5.57 Å². The van der Waals surface area contributed by atoms with E-state index >= 15 is 0 Å². The summed E-state index contributed by atoms with van der Waals surface area (Å²) in [5, 5.41) is 3.09. The number of hydrogen-bond donors (Lipinski definition) is 1. The molecule has 6 nitrogen and oxygen atoms in total. The maximum atomic E-state index is 13.6. The van der Waals surface area contributed by atoms with Crippen LogP contribution in [0.15, 0.2) is 78.5 Å². The quantitative estimate of drug-likeness (QED) is 0.456. The maximum absolute atomic E-state index is 13.6. The SMILES string of the molecule is CCOc1cccc(N2C(=O)C(Nc3ccc(OC(C)C)cc3)=C(c3ccc(F)cc3)C2=O)c1. The standard InChI is InChI=1S/C27H25FN2O4/c1-4-33-23-7-5-6-21(16-23)30-26(31)24(18-8-10-19(28)11-9-18)25(27(30)32)29-20-12-14-22(15-13-20)34-17(2)3/h5-17,29H,4H2,1-3H3. The summed E-state index contributed by atoms with van der Waals surface area (Å²) in [5.41, 5.74) is 1.70. The molecular weight excluding hydrogens is 435 g/mol. The van der Waals surface area contributed by atoms with Gasteiger partial charge in [0, 0.05) is 11.8 Å². The summed E-state index contributed by atoms with van der Waals surface area (Å²) in [7, 11) is 0. The highest BCUT2D eigenvalue weighted by Crippen LogP contribution is 2.35. The smallest absolute Gasteiger partial charge is 0.282 e. The summed E-state index contributed by atoms with van der Waals surface area (Å²) in [6.07, 6.45) is 0.0293. The van der Waals surface area contributed by atoms with Crippen molar-refractivity contribution in [2.45, 2.75) is 26.9 Å². The van der Waals surface area contributed by atoms with Crippen LogP contribution in [-0.4, -0.2) is 24.5 Å². The topological polar surface area (TPSA) is 67.9 Å². The van der Waals surface area contributed by atoms with Gasteiger partial charge < -0.3 is 14.8 Å². The van der Waals surface area contributed by atoms with Gasteiger partial charge in [-0.05, 0) is 74.9 Å². The van der Waals surface area contributed by atoms with Crippen LogP contribution >= 0.6 is 0 Å². The molecule has 0 bridgehead atoms. The molecule has 0 saturated heterocycles. The van der Waals surface area contributed by atoms with E-state index in [2.05, 4.69) is 5.32 Å². The molecule has 1 heterocycles. The molecule has 0 spiro atoms. The van der Waals surface area contributed by atoms with Gasteiger partial charge >= 0.3 is 0 Å². The Morgan fingerprint density at radius 1 is 0.912 bits per heavy atom. The molecule has 0 radical (unpaired) electrons. The van der Waals surface area contributed by atoms with Gasteiger partial charge in [0.1, 0.15) is 23.0 Å². The molecular formula is C27H25FN2O4. The summed E-state index contributed by atoms with van der Waals surface area (Å²) in [6, 6.07) is 19.4. The molecule has 1 aliphatic rings. The molecule has 3 aromatic carbocycles. The summed E-state index contributed by atoms with van der Waals surface area (Å²) in [6.45, 7) is 6.17. The first-order valence-corrected chi connectivity index (χ1v) is 11.0. The number of ether oxygens (including phenoxy) is 2. The van der Waals surface area contributed by atoms with E-state index in [1.165, 1.54) is 24.3 Å². The van der Waals surface area contributed by atoms with Crippen molar-refractivity contribution in [1.82, 2.24) is 0 Å². The van der Waals surface area contributed by atoms with E-state index in [4.69, 9.17) is 9.47 Å². The fourth-order valence-electron chi connectivity index (χ4n) is 3.68. The lowest BCUT2D eigenvalue weighted by Crippen LogP contribution is -2.32. The minimum atomic E-state index is -0.513. The van der Waals surface area contributed by atoms with Crippen molar-refractivity contribution in [3.8, 4) is 11.5 Å². The summed E-state index contributed by atoms with van der Waals surface area (Å²) in [5.74, 6) is -0.215. The zero-order valence-electron chi connectivity index (χ0n) is 19.2. The molecule has 4 rings (SSSR count). The van der Waals surface area contributed by atoms with Crippen LogP contribution in [0.4, 0.5) is 15.8 Å². The monoisotopic (exact) mass is 460 g/mol. The van der Waals surface area contributed by atoms with Crippen molar-refractivity contribution < 1.29 is 23.5 Å². The summed E-state index contributed by atoms with van der Waals surface area (Å²) < 4.78 is 24.8. The van der Waals surface area contributed by atoms with Crippen LogP contribution in [0.2, 0.25) is 0 Å². The Labute approximate surface area is 197 Å². The van der Waals surface area contributed by atoms with Crippen molar-refractivity contribution in [3.05, 3.63) is 89.9 Å². The van der Waals surface area contributed by atoms with Gasteiger partial charge in [-0.25, -0.2) is 9.29 Å². The molecule has 1 N–H and O–H groups in total. The average Bonchev–Trinajstić information content (AvgIpc) is 3.05. The van der Waals surface area contributed by atoms with Gasteiger partial charge in [-0.2, -0.15) is 0 Å². The van der Waals surface area contributed by atoms with E-state index < -0.39 is 17.6 Å². The second kappa shape index (κ2) is 9.79. The highest BCUT2D eigenvalue weighted by molar-refractivity contribution is 6.46. The molecule has 0 unspecified atom stereocenters. The highest BCUT2D eigenvalue weighted by atomic mass is 19.1. The van der Waals surface area contributed by atoms with Gasteiger partial charge in [0.25, 0.3) is 11.8 Å². The number of carbonyl (C=O) groups excluding carboxylic acids is 2. The van der Waals surface area contributed by atoms with Crippen molar-refractivity contribution in [1.29, 1.82) is 0 Å². The Morgan fingerprint density at radius 2 is 1.62 bits per heavy atom. The van der Waals surface area contributed by atoms with Gasteiger partial charge in [-0.1, -0.05) is 18.2 Å². The number of nitrogens with one attached hydrogen (secondary N) is 1. The molecule has 3 aromatic rings. The van der Waals surface area contributed by atoms with Crippen molar-refractivity contribution >= 4 is 28.8 Å². The Hall–Kier alpha value is -4.13. The normalized spacial score (nSPS) is 13.6. The van der Waals surface area contributed by atoms with E-state index in [-0.39, 0.29) is 17.4 Å². The largest absolute Gasteiger partial charge is 0.494 e. The highest BCUT2D eigenvalue weighted by Gasteiger charge is 2.40. The summed E-state index contributed by atoms with van der Waals surface area (Å²) >= 11 is 0. The fraction of sp³-hybridized carbons (Fsp3) is 0.185. The zero-order valence-corrected chi connectivity index (χ0v) is 19.2. The first-order valence-electron chi connectivity index (χ1n) is 11.0. The third-order valence-electron chi connectivity index (χ3n) is 5.10. The third-order valence-corrected chi connectivity index (χ3v) is 5.10. The van der Waals surface area contributed by atoms with E-state index in [1.807, 2.05) is 20.8 Å². The lowest BCUT2D eigenvalue weighted by atomic mass is 10.0. The fourth-order valence-corrected chi connectivity index (χ4v) is 3.68. The molecule has 0 aromatic heterocycles. The van der Waals surface area contributed by atoms with Crippen LogP contribution in [0.3, 0.4) is 0 Å². The van der Waals surface area contributed by atoms with Crippen LogP contribution in [-0.2, 0) is 9.59 Å². The second-order valence-electron chi connectivity index (χ2n) is 7.95. The molecule has 2 amide bonds. The number of rotatable bonds is 8. The number of halogens is 1. The van der Waals surface area contributed by atoms with Crippen LogP contribution in [0.1, 0.15) is 26.3 Å². The van der Waals surface area contributed by atoms with E-state index in [1.54, 1.807) is 48.5 Å². The predicted octanol–water partition coefficient (Wildman–Crippen LogP) is 5.41. The number of anilines is 2. The molecule has 7 heteroatoms. The molecule has 34 heavy (non-hydrogen) atoms. The van der Waals surface area contributed by atoms with Crippen molar-refractivity contribution in [3.63, 3.8) is 0 Å². The maximum Gasteiger partial charge on any atom is 0.282 e. The lowest BCUT2D eigenvalue weighted by molar-refractivity contribution is -0.120. The second-order valence-corrected chi connectivity index (χ2v) is 7.95. The minimum Gasteiger partial charge on any atom is -0.494 e. The Morgan fingerprint density at radius 3 is 2.26 bits per heavy atom. The number of carbonyl (C=O) groups is 2. The Kier molecular flexibility index (Phi) is 6.63. The number of hydrogen-bond acceptors (Lipinski definition) is 5. The van der Waals surface area contributed by atoms with Crippen LogP contribution in [0.5, 0.6) is 11.5 Å². The van der Waals surface area contributed by atoms with Crippen molar-refractivity contribution in [2.24, 2.45) is 0 Å². The third kappa shape index (κ3) is 4.78. The van der Waals surface area contributed by atoms with Gasteiger partial charge in [0.2, 0.25) is 0 Å². The first kappa shape index (κ1) is 23.0. The van der Waals surface area contributed by atoms with E-state index in [0.717, 1.165) is 4.90 Å². The van der Waals surface area contributed by atoms with Gasteiger partial charge in [0.05, 0.1) is 24.0 Å².